The molecule has 2 aromatic heterocycles. The van der Waals surface area contributed by atoms with Crippen LogP contribution in [0.3, 0.4) is 0 Å². The van der Waals surface area contributed by atoms with E-state index in [4.69, 9.17) is 11.6 Å². The molecule has 2 atom stereocenters. The predicted molar refractivity (Wildman–Crippen MR) is 130 cm³/mol. The van der Waals surface area contributed by atoms with Crippen molar-refractivity contribution in [3.8, 4) is 17.2 Å². The molecule has 1 fully saturated rings. The highest BCUT2D eigenvalue weighted by Gasteiger charge is 2.40. The zero-order chi connectivity index (χ0) is 22.1. The second kappa shape index (κ2) is 8.43. The topological polar surface area (TPSA) is 64.5 Å². The SMILES string of the molecule is CC(c1cncc(-c2cccc(Cl)c2)c1)(c1c[nH]c2ccc(C#N)cc12)C1CCCNC1. The molecule has 2 N–H and O–H groups in total. The van der Waals surface area contributed by atoms with Gasteiger partial charge >= 0.3 is 0 Å². The number of benzene rings is 2. The number of nitriles is 1. The number of aromatic nitrogens is 2. The molecule has 3 heterocycles. The van der Waals surface area contributed by atoms with E-state index in [0.29, 0.717) is 16.5 Å². The Morgan fingerprint density at radius 1 is 1.12 bits per heavy atom. The molecular formula is C27H25ClN4. The van der Waals surface area contributed by atoms with Gasteiger partial charge in [-0.1, -0.05) is 30.7 Å². The summed E-state index contributed by atoms with van der Waals surface area (Å²) in [6.45, 7) is 4.33. The second-order valence-electron chi connectivity index (χ2n) is 8.79. The third-order valence-electron chi connectivity index (χ3n) is 6.98. The molecule has 0 spiro atoms. The van der Waals surface area contributed by atoms with E-state index in [-0.39, 0.29) is 5.41 Å². The van der Waals surface area contributed by atoms with Gasteiger partial charge in [-0.3, -0.25) is 4.98 Å². The fourth-order valence-electron chi connectivity index (χ4n) is 5.13. The fourth-order valence-corrected chi connectivity index (χ4v) is 5.32. The largest absolute Gasteiger partial charge is 0.361 e. The standard InChI is InChI=1S/C27H25ClN4/c1-27(21-5-3-9-30-15-21,25-17-32-26-8-7-18(13-29)10-24(25)26)22-11-20(14-31-16-22)19-4-2-6-23(28)12-19/h2,4,6-8,10-12,14,16-17,21,30,32H,3,5,9,15H2,1H3. The summed E-state index contributed by atoms with van der Waals surface area (Å²) >= 11 is 6.26. The van der Waals surface area contributed by atoms with Gasteiger partial charge in [0.25, 0.3) is 0 Å². The minimum absolute atomic E-state index is 0.276. The highest BCUT2D eigenvalue weighted by Crippen LogP contribution is 2.45. The minimum Gasteiger partial charge on any atom is -0.361 e. The monoisotopic (exact) mass is 440 g/mol. The van der Waals surface area contributed by atoms with Crippen LogP contribution >= 0.6 is 11.6 Å². The Kier molecular flexibility index (Phi) is 5.46. The van der Waals surface area contributed by atoms with Gasteiger partial charge in [0.15, 0.2) is 0 Å². The average Bonchev–Trinajstić information content (AvgIpc) is 3.28. The summed E-state index contributed by atoms with van der Waals surface area (Å²) in [7, 11) is 0. The molecule has 0 saturated carbocycles. The van der Waals surface area contributed by atoms with E-state index in [1.807, 2.05) is 48.8 Å². The molecular weight excluding hydrogens is 416 g/mol. The van der Waals surface area contributed by atoms with Crippen molar-refractivity contribution in [3.63, 3.8) is 0 Å². The normalized spacial score (nSPS) is 18.2. The third-order valence-corrected chi connectivity index (χ3v) is 7.21. The molecule has 1 saturated heterocycles. The summed E-state index contributed by atoms with van der Waals surface area (Å²) in [4.78, 5) is 8.09. The van der Waals surface area contributed by atoms with E-state index < -0.39 is 0 Å². The van der Waals surface area contributed by atoms with Crippen molar-refractivity contribution in [2.24, 2.45) is 5.92 Å². The summed E-state index contributed by atoms with van der Waals surface area (Å²) in [6.07, 6.45) is 8.29. The first-order chi connectivity index (χ1) is 15.6. The van der Waals surface area contributed by atoms with Crippen LogP contribution in [0.4, 0.5) is 0 Å². The molecule has 0 bridgehead atoms. The first-order valence-corrected chi connectivity index (χ1v) is 11.4. The Balaban J connectivity index is 1.71. The maximum Gasteiger partial charge on any atom is 0.0991 e. The van der Waals surface area contributed by atoms with Crippen molar-refractivity contribution in [3.05, 3.63) is 88.8 Å². The molecule has 160 valence electrons. The van der Waals surface area contributed by atoms with Gasteiger partial charge in [-0.15, -0.1) is 0 Å². The van der Waals surface area contributed by atoms with Gasteiger partial charge in [0, 0.05) is 45.5 Å². The van der Waals surface area contributed by atoms with Crippen LogP contribution in [0.5, 0.6) is 0 Å². The highest BCUT2D eigenvalue weighted by molar-refractivity contribution is 6.30. The van der Waals surface area contributed by atoms with Gasteiger partial charge in [0.1, 0.15) is 0 Å². The molecule has 5 rings (SSSR count). The quantitative estimate of drug-likeness (QED) is 0.405. The first kappa shape index (κ1) is 20.8. The summed E-state index contributed by atoms with van der Waals surface area (Å²) in [5, 5.41) is 14.9. The van der Waals surface area contributed by atoms with Crippen molar-refractivity contribution in [1.82, 2.24) is 15.3 Å². The Labute approximate surface area is 193 Å². The summed E-state index contributed by atoms with van der Waals surface area (Å²) in [6, 6.07) is 18.3. The Hall–Kier alpha value is -3.13. The summed E-state index contributed by atoms with van der Waals surface area (Å²) in [5.41, 5.74) is 5.94. The van der Waals surface area contributed by atoms with Crippen LogP contribution in [0.25, 0.3) is 22.0 Å². The first-order valence-electron chi connectivity index (χ1n) is 11.0. The molecule has 1 aliphatic heterocycles. The van der Waals surface area contributed by atoms with Crippen molar-refractivity contribution < 1.29 is 0 Å². The van der Waals surface area contributed by atoms with Gasteiger partial charge < -0.3 is 10.3 Å². The smallest absolute Gasteiger partial charge is 0.0991 e. The van der Waals surface area contributed by atoms with Gasteiger partial charge in [0.2, 0.25) is 0 Å². The molecule has 5 heteroatoms. The van der Waals surface area contributed by atoms with E-state index in [1.54, 1.807) is 0 Å². The number of nitrogens with zero attached hydrogens (tertiary/aromatic N) is 2. The number of pyridine rings is 1. The van der Waals surface area contributed by atoms with Crippen LogP contribution in [0.15, 0.2) is 67.1 Å². The molecule has 2 aromatic carbocycles. The van der Waals surface area contributed by atoms with Crippen LogP contribution in [-0.2, 0) is 5.41 Å². The van der Waals surface area contributed by atoms with Crippen molar-refractivity contribution in [1.29, 1.82) is 5.26 Å². The van der Waals surface area contributed by atoms with Crippen molar-refractivity contribution in [2.75, 3.05) is 13.1 Å². The van der Waals surface area contributed by atoms with Gasteiger partial charge in [-0.25, -0.2) is 0 Å². The molecule has 2 unspecified atom stereocenters. The van der Waals surface area contributed by atoms with Crippen LogP contribution in [-0.4, -0.2) is 23.1 Å². The van der Waals surface area contributed by atoms with Crippen LogP contribution < -0.4 is 5.32 Å². The lowest BCUT2D eigenvalue weighted by atomic mass is 9.65. The maximum atomic E-state index is 9.49. The van der Waals surface area contributed by atoms with Crippen LogP contribution in [0.2, 0.25) is 5.02 Å². The number of hydrogen-bond donors (Lipinski definition) is 2. The number of aromatic amines is 1. The van der Waals surface area contributed by atoms with E-state index in [9.17, 15) is 5.26 Å². The van der Waals surface area contributed by atoms with E-state index in [1.165, 1.54) is 11.1 Å². The molecule has 0 amide bonds. The number of rotatable bonds is 4. The lowest BCUT2D eigenvalue weighted by Crippen LogP contribution is -2.43. The van der Waals surface area contributed by atoms with E-state index >= 15 is 0 Å². The number of halogens is 1. The van der Waals surface area contributed by atoms with E-state index in [0.717, 1.165) is 48.0 Å². The lowest BCUT2D eigenvalue weighted by molar-refractivity contribution is 0.271. The summed E-state index contributed by atoms with van der Waals surface area (Å²) in [5.74, 6) is 0.400. The zero-order valence-corrected chi connectivity index (χ0v) is 18.8. The highest BCUT2D eigenvalue weighted by atomic mass is 35.5. The van der Waals surface area contributed by atoms with E-state index in [2.05, 4.69) is 46.6 Å². The fraction of sp³-hybridized carbons (Fsp3) is 0.259. The molecule has 0 aliphatic carbocycles. The molecule has 4 aromatic rings. The van der Waals surface area contributed by atoms with Crippen molar-refractivity contribution in [2.45, 2.75) is 25.2 Å². The van der Waals surface area contributed by atoms with Crippen LogP contribution in [0, 0.1) is 17.2 Å². The summed E-state index contributed by atoms with van der Waals surface area (Å²) < 4.78 is 0. The molecule has 1 aliphatic rings. The van der Waals surface area contributed by atoms with Gasteiger partial charge in [0.05, 0.1) is 11.6 Å². The maximum absolute atomic E-state index is 9.49. The molecule has 32 heavy (non-hydrogen) atoms. The predicted octanol–water partition coefficient (Wildman–Crippen LogP) is 6.06. The van der Waals surface area contributed by atoms with Gasteiger partial charge in [-0.05, 0) is 84.9 Å². The Bertz CT molecular complexity index is 1310. The number of fused-ring (bicyclic) bond motifs is 1. The van der Waals surface area contributed by atoms with Crippen molar-refractivity contribution >= 4 is 22.5 Å². The zero-order valence-electron chi connectivity index (χ0n) is 18.0. The number of H-pyrrole nitrogens is 1. The third kappa shape index (κ3) is 3.58. The Morgan fingerprint density at radius 3 is 2.81 bits per heavy atom. The van der Waals surface area contributed by atoms with Crippen LogP contribution in [0.1, 0.15) is 36.5 Å². The number of hydrogen-bond acceptors (Lipinski definition) is 3. The number of piperidine rings is 1. The number of nitrogens with one attached hydrogen (secondary N) is 2. The Morgan fingerprint density at radius 2 is 2.03 bits per heavy atom. The minimum atomic E-state index is -0.276. The second-order valence-corrected chi connectivity index (χ2v) is 9.23. The average molecular weight is 441 g/mol. The molecule has 4 nitrogen and oxygen atoms in total. The lowest BCUT2D eigenvalue weighted by Gasteiger charge is -2.41. The molecule has 0 radical (unpaired) electrons. The van der Waals surface area contributed by atoms with Gasteiger partial charge in [-0.2, -0.15) is 5.26 Å².